The lowest BCUT2D eigenvalue weighted by Crippen LogP contribution is -2.56. The molecule has 3 heterocycles. The SMILES string of the molecule is CCCn1cc(S(=O)(=O)N2CCN(c3ccc4c(cnn4-c4ccc(F)cc4)c3)C3(CC3)C2)cn1. The molecule has 2 aliphatic rings. The van der Waals surface area contributed by atoms with Gasteiger partial charge in [0.2, 0.25) is 10.0 Å². The van der Waals surface area contributed by atoms with Gasteiger partial charge in [-0.1, -0.05) is 6.92 Å². The largest absolute Gasteiger partial charge is 0.363 e. The summed E-state index contributed by atoms with van der Waals surface area (Å²) in [5.74, 6) is -0.279. The van der Waals surface area contributed by atoms with E-state index in [2.05, 4.69) is 27.2 Å². The molecule has 0 atom stereocenters. The number of aromatic nitrogens is 4. The molecule has 1 saturated heterocycles. The zero-order valence-corrected chi connectivity index (χ0v) is 20.3. The molecule has 182 valence electrons. The fourth-order valence-electron chi connectivity index (χ4n) is 5.08. The molecule has 8 nitrogen and oxygen atoms in total. The number of halogens is 1. The van der Waals surface area contributed by atoms with Gasteiger partial charge in [-0.25, -0.2) is 17.5 Å². The van der Waals surface area contributed by atoms with E-state index in [1.165, 1.54) is 18.3 Å². The second kappa shape index (κ2) is 8.17. The van der Waals surface area contributed by atoms with Crippen LogP contribution in [0.2, 0.25) is 0 Å². The lowest BCUT2D eigenvalue weighted by molar-refractivity contribution is 0.321. The van der Waals surface area contributed by atoms with E-state index < -0.39 is 10.0 Å². The van der Waals surface area contributed by atoms with Gasteiger partial charge in [-0.15, -0.1) is 0 Å². The zero-order chi connectivity index (χ0) is 24.2. The number of sulfonamides is 1. The third-order valence-corrected chi connectivity index (χ3v) is 8.88. The molecule has 1 aliphatic heterocycles. The van der Waals surface area contributed by atoms with Crippen LogP contribution in [0, 0.1) is 5.82 Å². The van der Waals surface area contributed by atoms with Crippen molar-refractivity contribution in [2.24, 2.45) is 0 Å². The summed E-state index contributed by atoms with van der Waals surface area (Å²) < 4.78 is 45.1. The van der Waals surface area contributed by atoms with Gasteiger partial charge in [-0.3, -0.25) is 4.68 Å². The molecule has 2 fully saturated rings. The van der Waals surface area contributed by atoms with Crippen molar-refractivity contribution in [3.05, 3.63) is 66.9 Å². The summed E-state index contributed by atoms with van der Waals surface area (Å²) in [5, 5.41) is 9.71. The van der Waals surface area contributed by atoms with E-state index in [0.29, 0.717) is 26.2 Å². The van der Waals surface area contributed by atoms with Crippen molar-refractivity contribution < 1.29 is 12.8 Å². The summed E-state index contributed by atoms with van der Waals surface area (Å²) in [6, 6.07) is 12.5. The summed E-state index contributed by atoms with van der Waals surface area (Å²) in [6.45, 7) is 4.27. The van der Waals surface area contributed by atoms with Crippen LogP contribution in [0.5, 0.6) is 0 Å². The van der Waals surface area contributed by atoms with Gasteiger partial charge < -0.3 is 4.90 Å². The van der Waals surface area contributed by atoms with Crippen molar-refractivity contribution in [2.45, 2.75) is 43.2 Å². The van der Waals surface area contributed by atoms with Crippen LogP contribution in [0.25, 0.3) is 16.6 Å². The van der Waals surface area contributed by atoms with Gasteiger partial charge >= 0.3 is 0 Å². The zero-order valence-electron chi connectivity index (χ0n) is 19.5. The Morgan fingerprint density at radius 1 is 1.00 bits per heavy atom. The Balaban J connectivity index is 1.25. The fourth-order valence-corrected chi connectivity index (χ4v) is 6.54. The summed E-state index contributed by atoms with van der Waals surface area (Å²) in [7, 11) is -3.58. The first kappa shape index (κ1) is 22.2. The van der Waals surface area contributed by atoms with Gasteiger partial charge in [0.15, 0.2) is 0 Å². The number of piperazine rings is 1. The first-order valence-corrected chi connectivity index (χ1v) is 13.4. The van der Waals surface area contributed by atoms with Crippen molar-refractivity contribution >= 4 is 26.6 Å². The summed E-state index contributed by atoms with van der Waals surface area (Å²) in [6.07, 6.45) is 7.73. The normalized spacial score (nSPS) is 17.9. The van der Waals surface area contributed by atoms with Crippen LogP contribution in [0.3, 0.4) is 0 Å². The van der Waals surface area contributed by atoms with Crippen LogP contribution in [0.15, 0.2) is 66.0 Å². The van der Waals surface area contributed by atoms with E-state index in [1.807, 2.05) is 19.2 Å². The van der Waals surface area contributed by atoms with Gasteiger partial charge in [0.1, 0.15) is 10.7 Å². The summed E-state index contributed by atoms with van der Waals surface area (Å²) in [4.78, 5) is 2.62. The Labute approximate surface area is 203 Å². The predicted molar refractivity (Wildman–Crippen MR) is 132 cm³/mol. The minimum atomic E-state index is -3.58. The van der Waals surface area contributed by atoms with Crippen molar-refractivity contribution in [3.63, 3.8) is 0 Å². The van der Waals surface area contributed by atoms with Crippen molar-refractivity contribution in [3.8, 4) is 5.69 Å². The highest BCUT2D eigenvalue weighted by Gasteiger charge is 2.53. The van der Waals surface area contributed by atoms with E-state index in [0.717, 1.165) is 41.5 Å². The maximum Gasteiger partial charge on any atom is 0.246 e. The van der Waals surface area contributed by atoms with Gasteiger partial charge in [0, 0.05) is 43.4 Å². The van der Waals surface area contributed by atoms with Crippen LogP contribution in [0.4, 0.5) is 10.1 Å². The second-order valence-corrected chi connectivity index (χ2v) is 11.4. The third-order valence-electron chi connectivity index (χ3n) is 7.08. The average Bonchev–Trinajstić information content (AvgIpc) is 3.26. The van der Waals surface area contributed by atoms with Crippen LogP contribution < -0.4 is 4.90 Å². The van der Waals surface area contributed by atoms with Gasteiger partial charge in [-0.05, 0) is 61.7 Å². The number of hydrogen-bond donors (Lipinski definition) is 0. The Kier molecular flexibility index (Phi) is 5.19. The first-order valence-electron chi connectivity index (χ1n) is 11.9. The number of aryl methyl sites for hydroxylation is 1. The summed E-state index contributed by atoms with van der Waals surface area (Å²) >= 11 is 0. The Bertz CT molecular complexity index is 1490. The average molecular weight is 495 g/mol. The molecule has 1 saturated carbocycles. The number of benzene rings is 2. The number of rotatable bonds is 6. The van der Waals surface area contributed by atoms with E-state index >= 15 is 0 Å². The first-order chi connectivity index (χ1) is 16.9. The third kappa shape index (κ3) is 3.81. The molecule has 1 aliphatic carbocycles. The molecule has 0 amide bonds. The van der Waals surface area contributed by atoms with Crippen molar-refractivity contribution in [2.75, 3.05) is 24.5 Å². The molecular formula is C25H27FN6O2S. The fraction of sp³-hybridized carbons (Fsp3) is 0.360. The maximum absolute atomic E-state index is 13.3. The van der Waals surface area contributed by atoms with E-state index in [9.17, 15) is 12.8 Å². The van der Waals surface area contributed by atoms with Gasteiger partial charge in [0.05, 0.1) is 29.1 Å². The molecule has 0 radical (unpaired) electrons. The van der Waals surface area contributed by atoms with Crippen LogP contribution in [-0.4, -0.2) is 57.5 Å². The molecule has 0 bridgehead atoms. The predicted octanol–water partition coefficient (Wildman–Crippen LogP) is 3.81. The number of anilines is 1. The minimum Gasteiger partial charge on any atom is -0.363 e. The van der Waals surface area contributed by atoms with Gasteiger partial charge in [0.25, 0.3) is 0 Å². The molecule has 6 rings (SSSR count). The molecule has 35 heavy (non-hydrogen) atoms. The molecule has 4 aromatic rings. The van der Waals surface area contributed by atoms with Crippen LogP contribution in [-0.2, 0) is 16.6 Å². The van der Waals surface area contributed by atoms with Crippen LogP contribution in [0.1, 0.15) is 26.2 Å². The quantitative estimate of drug-likeness (QED) is 0.407. The molecular weight excluding hydrogens is 467 g/mol. The van der Waals surface area contributed by atoms with E-state index in [4.69, 9.17) is 0 Å². The molecule has 2 aromatic heterocycles. The Morgan fingerprint density at radius 2 is 1.77 bits per heavy atom. The molecule has 2 aromatic carbocycles. The Morgan fingerprint density at radius 3 is 2.51 bits per heavy atom. The lowest BCUT2D eigenvalue weighted by atomic mass is 10.1. The van der Waals surface area contributed by atoms with Gasteiger partial charge in [-0.2, -0.15) is 14.5 Å². The highest BCUT2D eigenvalue weighted by molar-refractivity contribution is 7.89. The van der Waals surface area contributed by atoms with Crippen molar-refractivity contribution in [1.82, 2.24) is 23.9 Å². The molecule has 0 unspecified atom stereocenters. The lowest BCUT2D eigenvalue weighted by Gasteiger charge is -2.42. The molecule has 0 N–H and O–H groups in total. The Hall–Kier alpha value is -3.24. The molecule has 1 spiro atoms. The smallest absolute Gasteiger partial charge is 0.246 e. The number of hydrogen-bond acceptors (Lipinski definition) is 5. The minimum absolute atomic E-state index is 0.175. The highest BCUT2D eigenvalue weighted by atomic mass is 32.2. The maximum atomic E-state index is 13.3. The van der Waals surface area contributed by atoms with E-state index in [-0.39, 0.29) is 16.3 Å². The monoisotopic (exact) mass is 494 g/mol. The second-order valence-electron chi connectivity index (χ2n) is 9.43. The number of nitrogens with zero attached hydrogens (tertiary/aromatic N) is 6. The molecule has 10 heteroatoms. The topological polar surface area (TPSA) is 76.3 Å². The van der Waals surface area contributed by atoms with E-state index in [1.54, 1.807) is 32.0 Å². The van der Waals surface area contributed by atoms with Crippen molar-refractivity contribution in [1.29, 1.82) is 0 Å². The highest BCUT2D eigenvalue weighted by Crippen LogP contribution is 2.47. The van der Waals surface area contributed by atoms with Crippen LogP contribution >= 0.6 is 0 Å². The summed E-state index contributed by atoms with van der Waals surface area (Å²) in [5.41, 5.74) is 2.64. The standard InChI is InChI=1S/C25H27FN6O2S/c1-2-11-29-17-23(16-27-29)35(33,34)30-12-13-31(25(18-30)9-10-25)22-7-8-24-19(14-22)15-28-32(24)21-5-3-20(26)4-6-21/h3-8,14-17H,2,9-13,18H2,1H3. The number of fused-ring (bicyclic) bond motifs is 1.